The number of halogens is 1. The standard InChI is InChI=1S/C32H40ClN3O6S/c1-7-27(31(38)34-32(3,4)5)35(21-23-13-17-25(41-6)18-14-23)30(37)22-36(28-11-9-10-12-29(28)42-8-2)43(39,40)26-19-15-24(33)16-20-26/h9-20,27H,7-8,21-22H2,1-6H3,(H,34,38)/t27-/m1/s1. The van der Waals surface area contributed by atoms with Gasteiger partial charge in [-0.2, -0.15) is 0 Å². The van der Waals surface area contributed by atoms with Crippen LogP contribution >= 0.6 is 11.6 Å². The molecule has 1 N–H and O–H groups in total. The fourth-order valence-corrected chi connectivity index (χ4v) is 6.04. The predicted molar refractivity (Wildman–Crippen MR) is 169 cm³/mol. The van der Waals surface area contributed by atoms with Gasteiger partial charge in [0.2, 0.25) is 11.8 Å². The number of methoxy groups -OCH3 is 1. The molecular formula is C32H40ClN3O6S. The van der Waals surface area contributed by atoms with Crippen LogP contribution in [0.25, 0.3) is 0 Å². The van der Waals surface area contributed by atoms with Crippen LogP contribution in [-0.4, -0.2) is 57.0 Å². The van der Waals surface area contributed by atoms with E-state index in [0.717, 1.165) is 9.87 Å². The maximum absolute atomic E-state index is 14.3. The molecular weight excluding hydrogens is 590 g/mol. The molecule has 43 heavy (non-hydrogen) atoms. The minimum atomic E-state index is -4.27. The average Bonchev–Trinajstić information content (AvgIpc) is 2.96. The van der Waals surface area contributed by atoms with E-state index in [1.54, 1.807) is 62.6 Å². The van der Waals surface area contributed by atoms with Gasteiger partial charge in [0.1, 0.15) is 24.1 Å². The van der Waals surface area contributed by atoms with Crippen LogP contribution in [0.2, 0.25) is 5.02 Å². The third kappa shape index (κ3) is 8.87. The lowest BCUT2D eigenvalue weighted by atomic mass is 10.1. The number of hydrogen-bond donors (Lipinski definition) is 1. The van der Waals surface area contributed by atoms with Gasteiger partial charge in [0.05, 0.1) is 24.3 Å². The van der Waals surface area contributed by atoms with E-state index in [9.17, 15) is 18.0 Å². The maximum atomic E-state index is 14.3. The highest BCUT2D eigenvalue weighted by Crippen LogP contribution is 2.33. The molecule has 3 rings (SSSR count). The average molecular weight is 630 g/mol. The summed E-state index contributed by atoms with van der Waals surface area (Å²) in [6, 6.07) is 18.6. The van der Waals surface area contributed by atoms with Crippen molar-refractivity contribution < 1.29 is 27.5 Å². The highest BCUT2D eigenvalue weighted by Gasteiger charge is 2.35. The summed E-state index contributed by atoms with van der Waals surface area (Å²) in [5, 5.41) is 3.34. The van der Waals surface area contributed by atoms with Crippen LogP contribution in [-0.2, 0) is 26.2 Å². The molecule has 3 aromatic rings. The molecule has 11 heteroatoms. The first-order chi connectivity index (χ1) is 20.3. The zero-order chi connectivity index (χ0) is 31.8. The van der Waals surface area contributed by atoms with Crippen molar-refractivity contribution >= 4 is 39.1 Å². The van der Waals surface area contributed by atoms with E-state index in [-0.39, 0.29) is 29.6 Å². The van der Waals surface area contributed by atoms with E-state index in [4.69, 9.17) is 21.1 Å². The van der Waals surface area contributed by atoms with Crippen molar-refractivity contribution in [3.8, 4) is 11.5 Å². The van der Waals surface area contributed by atoms with Crippen LogP contribution in [0.1, 0.15) is 46.6 Å². The number of rotatable bonds is 13. The van der Waals surface area contributed by atoms with Crippen LogP contribution in [0.15, 0.2) is 77.7 Å². The first-order valence-electron chi connectivity index (χ1n) is 14.0. The smallest absolute Gasteiger partial charge is 0.264 e. The molecule has 0 spiro atoms. The van der Waals surface area contributed by atoms with E-state index in [0.29, 0.717) is 22.9 Å². The molecule has 0 aliphatic carbocycles. The number of amides is 2. The molecule has 232 valence electrons. The minimum absolute atomic E-state index is 0.0461. The summed E-state index contributed by atoms with van der Waals surface area (Å²) >= 11 is 6.04. The molecule has 0 aliphatic rings. The monoisotopic (exact) mass is 629 g/mol. The topological polar surface area (TPSA) is 105 Å². The normalized spacial score (nSPS) is 12.3. The summed E-state index contributed by atoms with van der Waals surface area (Å²) in [6.45, 7) is 8.96. The number of carbonyl (C=O) groups is 2. The number of ether oxygens (including phenoxy) is 2. The van der Waals surface area contributed by atoms with E-state index in [1.165, 1.54) is 29.2 Å². The number of anilines is 1. The van der Waals surface area contributed by atoms with E-state index in [1.807, 2.05) is 27.7 Å². The SMILES string of the molecule is CCOc1ccccc1N(CC(=O)N(Cc1ccc(OC)cc1)[C@H](CC)C(=O)NC(C)(C)C)S(=O)(=O)c1ccc(Cl)cc1. The van der Waals surface area contributed by atoms with Crippen LogP contribution in [0.4, 0.5) is 5.69 Å². The van der Waals surface area contributed by atoms with Gasteiger partial charge >= 0.3 is 0 Å². The van der Waals surface area contributed by atoms with Gasteiger partial charge in [0.15, 0.2) is 0 Å². The first kappa shape index (κ1) is 33.7. The zero-order valence-corrected chi connectivity index (χ0v) is 27.0. The molecule has 0 heterocycles. The summed E-state index contributed by atoms with van der Waals surface area (Å²) in [4.78, 5) is 29.1. The largest absolute Gasteiger partial charge is 0.497 e. The van der Waals surface area contributed by atoms with Crippen LogP contribution < -0.4 is 19.1 Å². The number of sulfonamides is 1. The quantitative estimate of drug-likeness (QED) is 0.261. The molecule has 0 aliphatic heterocycles. The molecule has 0 fully saturated rings. The Hall–Kier alpha value is -3.76. The third-order valence-corrected chi connectivity index (χ3v) is 8.54. The van der Waals surface area contributed by atoms with Crippen molar-refractivity contribution in [3.63, 3.8) is 0 Å². The number of nitrogens with zero attached hydrogens (tertiary/aromatic N) is 2. The second-order valence-corrected chi connectivity index (χ2v) is 13.2. The molecule has 0 bridgehead atoms. The van der Waals surface area contributed by atoms with Gasteiger partial charge in [-0.05, 0) is 88.2 Å². The van der Waals surface area contributed by atoms with Crippen molar-refractivity contribution in [2.45, 2.75) is 64.1 Å². The fraction of sp³-hybridized carbons (Fsp3) is 0.375. The second kappa shape index (κ2) is 14.6. The molecule has 2 amide bonds. The molecule has 0 radical (unpaired) electrons. The van der Waals surface area contributed by atoms with E-state index in [2.05, 4.69) is 5.32 Å². The number of carbonyl (C=O) groups excluding carboxylic acids is 2. The highest BCUT2D eigenvalue weighted by atomic mass is 35.5. The number of nitrogens with one attached hydrogen (secondary N) is 1. The summed E-state index contributed by atoms with van der Waals surface area (Å²) < 4.78 is 40.3. The Morgan fingerprint density at radius 2 is 1.58 bits per heavy atom. The summed E-state index contributed by atoms with van der Waals surface area (Å²) in [5.41, 5.74) is 0.405. The Kier molecular flexibility index (Phi) is 11.5. The maximum Gasteiger partial charge on any atom is 0.264 e. The lowest BCUT2D eigenvalue weighted by molar-refractivity contribution is -0.141. The Balaban J connectivity index is 2.12. The molecule has 0 aromatic heterocycles. The lowest BCUT2D eigenvalue weighted by Gasteiger charge is -2.35. The number of benzene rings is 3. The van der Waals surface area contributed by atoms with Gasteiger partial charge < -0.3 is 19.7 Å². The first-order valence-corrected chi connectivity index (χ1v) is 15.9. The fourth-order valence-electron chi connectivity index (χ4n) is 4.49. The molecule has 9 nitrogen and oxygen atoms in total. The predicted octanol–water partition coefficient (Wildman–Crippen LogP) is 5.66. The van der Waals surface area contributed by atoms with E-state index >= 15 is 0 Å². The zero-order valence-electron chi connectivity index (χ0n) is 25.5. The van der Waals surface area contributed by atoms with E-state index < -0.39 is 34.1 Å². The van der Waals surface area contributed by atoms with Crippen molar-refractivity contribution in [2.24, 2.45) is 0 Å². The van der Waals surface area contributed by atoms with Crippen molar-refractivity contribution in [3.05, 3.63) is 83.4 Å². The Morgan fingerprint density at radius 1 is 0.953 bits per heavy atom. The van der Waals surface area contributed by atoms with Gasteiger partial charge in [0.25, 0.3) is 10.0 Å². The van der Waals surface area contributed by atoms with Crippen molar-refractivity contribution in [2.75, 3.05) is 24.6 Å². The molecule has 1 atom stereocenters. The highest BCUT2D eigenvalue weighted by molar-refractivity contribution is 7.92. The third-order valence-electron chi connectivity index (χ3n) is 6.51. The molecule has 0 saturated carbocycles. The van der Waals surface area contributed by atoms with Gasteiger partial charge in [0, 0.05) is 17.1 Å². The number of hydrogen-bond acceptors (Lipinski definition) is 6. The Bertz CT molecular complexity index is 1490. The molecule has 3 aromatic carbocycles. The van der Waals surface area contributed by atoms with Gasteiger partial charge in [-0.25, -0.2) is 8.42 Å². The second-order valence-electron chi connectivity index (χ2n) is 10.9. The Labute approximate surface area is 259 Å². The summed E-state index contributed by atoms with van der Waals surface area (Å²) in [5.74, 6) is 0.0516. The summed E-state index contributed by atoms with van der Waals surface area (Å²) in [7, 11) is -2.71. The Morgan fingerprint density at radius 3 is 2.14 bits per heavy atom. The summed E-state index contributed by atoms with van der Waals surface area (Å²) in [6.07, 6.45) is 0.309. The number of para-hydroxylation sites is 2. The molecule has 0 unspecified atom stereocenters. The van der Waals surface area contributed by atoms with Crippen LogP contribution in [0.5, 0.6) is 11.5 Å². The van der Waals surface area contributed by atoms with Crippen molar-refractivity contribution in [1.29, 1.82) is 0 Å². The van der Waals surface area contributed by atoms with Crippen LogP contribution in [0, 0.1) is 0 Å². The van der Waals surface area contributed by atoms with Gasteiger partial charge in [-0.15, -0.1) is 0 Å². The molecule has 0 saturated heterocycles. The lowest BCUT2D eigenvalue weighted by Crippen LogP contribution is -2.55. The minimum Gasteiger partial charge on any atom is -0.497 e. The van der Waals surface area contributed by atoms with Gasteiger partial charge in [-0.1, -0.05) is 42.8 Å². The van der Waals surface area contributed by atoms with Crippen molar-refractivity contribution in [1.82, 2.24) is 10.2 Å². The van der Waals surface area contributed by atoms with Crippen LogP contribution in [0.3, 0.4) is 0 Å². The van der Waals surface area contributed by atoms with Gasteiger partial charge in [-0.3, -0.25) is 13.9 Å².